The van der Waals surface area contributed by atoms with E-state index in [-0.39, 0.29) is 17.9 Å². The van der Waals surface area contributed by atoms with Crippen molar-refractivity contribution < 1.29 is 4.74 Å². The minimum Gasteiger partial charge on any atom is -0.489 e. The Bertz CT molecular complexity index is 644. The molecule has 2 aromatic carbocycles. The maximum Gasteiger partial charge on any atom is 0.124 e. The molecule has 0 saturated carbocycles. The molecule has 2 rings (SSSR count). The van der Waals surface area contributed by atoms with Gasteiger partial charge in [0.1, 0.15) is 12.4 Å². The SMILES string of the molecule is CCC(C)(C)NCc1cc(Br)ccc1OCc1ccc(Cl)cc1.Cl. The van der Waals surface area contributed by atoms with Crippen molar-refractivity contribution in [2.45, 2.75) is 45.9 Å². The van der Waals surface area contributed by atoms with E-state index in [4.69, 9.17) is 16.3 Å². The molecule has 24 heavy (non-hydrogen) atoms. The molecular weight excluding hydrogens is 409 g/mol. The Balaban J connectivity index is 0.00000288. The van der Waals surface area contributed by atoms with Crippen LogP contribution in [0.4, 0.5) is 0 Å². The lowest BCUT2D eigenvalue weighted by Crippen LogP contribution is -2.37. The second-order valence-corrected chi connectivity index (χ2v) is 7.61. The van der Waals surface area contributed by atoms with Crippen LogP contribution in [0.15, 0.2) is 46.9 Å². The molecule has 2 nitrogen and oxygen atoms in total. The second kappa shape index (κ2) is 9.67. The summed E-state index contributed by atoms with van der Waals surface area (Å²) in [7, 11) is 0. The molecule has 0 unspecified atom stereocenters. The molecule has 0 amide bonds. The number of rotatable bonds is 7. The second-order valence-electron chi connectivity index (χ2n) is 6.26. The van der Waals surface area contributed by atoms with Crippen LogP contribution in [0.5, 0.6) is 5.75 Å². The molecule has 132 valence electrons. The van der Waals surface area contributed by atoms with Gasteiger partial charge in [-0.2, -0.15) is 0 Å². The predicted molar refractivity (Wildman–Crippen MR) is 108 cm³/mol. The van der Waals surface area contributed by atoms with E-state index in [0.29, 0.717) is 6.61 Å². The van der Waals surface area contributed by atoms with E-state index < -0.39 is 0 Å². The maximum atomic E-state index is 6.01. The lowest BCUT2D eigenvalue weighted by molar-refractivity contribution is 0.298. The highest BCUT2D eigenvalue weighted by Crippen LogP contribution is 2.25. The smallest absolute Gasteiger partial charge is 0.124 e. The molecule has 0 fully saturated rings. The molecule has 0 radical (unpaired) electrons. The van der Waals surface area contributed by atoms with Gasteiger partial charge in [0.05, 0.1) is 0 Å². The van der Waals surface area contributed by atoms with E-state index in [2.05, 4.69) is 48.1 Å². The molecule has 5 heteroatoms. The van der Waals surface area contributed by atoms with Crippen molar-refractivity contribution in [1.82, 2.24) is 5.32 Å². The zero-order chi connectivity index (χ0) is 16.9. The van der Waals surface area contributed by atoms with Crippen LogP contribution < -0.4 is 10.1 Å². The van der Waals surface area contributed by atoms with E-state index in [1.165, 1.54) is 0 Å². The zero-order valence-electron chi connectivity index (χ0n) is 14.2. The van der Waals surface area contributed by atoms with Gasteiger partial charge in [0.25, 0.3) is 0 Å². The molecule has 0 aliphatic carbocycles. The van der Waals surface area contributed by atoms with Crippen LogP contribution in [0.2, 0.25) is 5.02 Å². The average molecular weight is 433 g/mol. The minimum atomic E-state index is 0. The van der Waals surface area contributed by atoms with Crippen LogP contribution in [0, 0.1) is 0 Å². The molecule has 0 aliphatic heterocycles. The first-order valence-corrected chi connectivity index (χ1v) is 8.97. The Kier molecular flexibility index (Phi) is 8.58. The van der Waals surface area contributed by atoms with Crippen LogP contribution in [0.3, 0.4) is 0 Å². The van der Waals surface area contributed by atoms with Crippen LogP contribution in [0.1, 0.15) is 38.3 Å². The van der Waals surface area contributed by atoms with E-state index in [0.717, 1.165) is 39.3 Å². The van der Waals surface area contributed by atoms with Crippen molar-refractivity contribution in [1.29, 1.82) is 0 Å². The van der Waals surface area contributed by atoms with Gasteiger partial charge in [-0.05, 0) is 56.2 Å². The van der Waals surface area contributed by atoms with Crippen LogP contribution in [-0.2, 0) is 13.2 Å². The van der Waals surface area contributed by atoms with Crippen molar-refractivity contribution in [3.8, 4) is 5.75 Å². The highest BCUT2D eigenvalue weighted by Gasteiger charge is 2.15. The van der Waals surface area contributed by atoms with Gasteiger partial charge in [-0.1, -0.05) is 46.6 Å². The summed E-state index contributed by atoms with van der Waals surface area (Å²) < 4.78 is 7.07. The summed E-state index contributed by atoms with van der Waals surface area (Å²) in [5.74, 6) is 0.905. The van der Waals surface area contributed by atoms with Crippen LogP contribution in [0.25, 0.3) is 0 Å². The van der Waals surface area contributed by atoms with Crippen molar-refractivity contribution in [3.63, 3.8) is 0 Å². The monoisotopic (exact) mass is 431 g/mol. The molecule has 0 aromatic heterocycles. The molecule has 0 atom stereocenters. The van der Waals surface area contributed by atoms with Crippen molar-refractivity contribution in [2.24, 2.45) is 0 Å². The summed E-state index contributed by atoms with van der Waals surface area (Å²) in [5, 5.41) is 4.32. The van der Waals surface area contributed by atoms with E-state index >= 15 is 0 Å². The summed E-state index contributed by atoms with van der Waals surface area (Å²) in [6.07, 6.45) is 1.07. The quantitative estimate of drug-likeness (QED) is 0.547. The lowest BCUT2D eigenvalue weighted by atomic mass is 10.0. The number of halogens is 3. The average Bonchev–Trinajstić information content (AvgIpc) is 2.53. The Morgan fingerprint density at radius 2 is 1.79 bits per heavy atom. The van der Waals surface area contributed by atoms with Crippen molar-refractivity contribution in [2.75, 3.05) is 0 Å². The van der Waals surface area contributed by atoms with Gasteiger partial charge in [-0.3, -0.25) is 0 Å². The Morgan fingerprint density at radius 3 is 2.42 bits per heavy atom. The number of hydrogen-bond acceptors (Lipinski definition) is 2. The van der Waals surface area contributed by atoms with Gasteiger partial charge < -0.3 is 10.1 Å². The third-order valence-corrected chi connectivity index (χ3v) is 4.72. The number of hydrogen-bond donors (Lipinski definition) is 1. The highest BCUT2D eigenvalue weighted by molar-refractivity contribution is 9.10. The van der Waals surface area contributed by atoms with Gasteiger partial charge in [0, 0.05) is 27.1 Å². The molecule has 2 aromatic rings. The first kappa shape index (κ1) is 21.3. The van der Waals surface area contributed by atoms with Gasteiger partial charge in [-0.15, -0.1) is 12.4 Å². The summed E-state index contributed by atoms with van der Waals surface area (Å²) in [6, 6.07) is 13.9. The minimum absolute atomic E-state index is 0. The summed E-state index contributed by atoms with van der Waals surface area (Å²) in [6.45, 7) is 7.91. The van der Waals surface area contributed by atoms with E-state index in [9.17, 15) is 0 Å². The number of nitrogens with one attached hydrogen (secondary N) is 1. The molecule has 0 aliphatic rings. The molecular formula is C19H24BrCl2NO. The fourth-order valence-corrected chi connectivity index (χ4v) is 2.56. The number of benzene rings is 2. The topological polar surface area (TPSA) is 21.3 Å². The van der Waals surface area contributed by atoms with E-state index in [1.54, 1.807) is 0 Å². The van der Waals surface area contributed by atoms with Crippen molar-refractivity contribution >= 4 is 39.9 Å². The Morgan fingerprint density at radius 1 is 1.12 bits per heavy atom. The fourth-order valence-electron chi connectivity index (χ4n) is 2.03. The Labute approximate surface area is 164 Å². The highest BCUT2D eigenvalue weighted by atomic mass is 79.9. The van der Waals surface area contributed by atoms with Gasteiger partial charge >= 0.3 is 0 Å². The molecule has 0 heterocycles. The summed E-state index contributed by atoms with van der Waals surface area (Å²) in [4.78, 5) is 0. The van der Waals surface area contributed by atoms with Gasteiger partial charge in [0.15, 0.2) is 0 Å². The first-order chi connectivity index (χ1) is 10.9. The standard InChI is InChI=1S/C19H23BrClNO.ClH/c1-4-19(2,3)22-12-15-11-16(20)7-10-18(15)23-13-14-5-8-17(21)9-6-14;/h5-11,22H,4,12-13H2,1-3H3;1H. The fraction of sp³-hybridized carbons (Fsp3) is 0.368. The lowest BCUT2D eigenvalue weighted by Gasteiger charge is -2.25. The maximum absolute atomic E-state index is 6.01. The van der Waals surface area contributed by atoms with Gasteiger partial charge in [-0.25, -0.2) is 0 Å². The number of ether oxygens (including phenoxy) is 1. The van der Waals surface area contributed by atoms with Crippen molar-refractivity contribution in [3.05, 3.63) is 63.1 Å². The van der Waals surface area contributed by atoms with E-state index in [1.807, 2.05) is 36.4 Å². The molecule has 0 spiro atoms. The summed E-state index contributed by atoms with van der Waals surface area (Å²) in [5.41, 5.74) is 2.36. The molecule has 1 N–H and O–H groups in total. The Hall–Kier alpha value is -0.740. The van der Waals surface area contributed by atoms with Crippen LogP contribution in [-0.4, -0.2) is 5.54 Å². The normalized spacial score (nSPS) is 11.0. The third kappa shape index (κ3) is 6.64. The third-order valence-electron chi connectivity index (χ3n) is 3.97. The largest absolute Gasteiger partial charge is 0.489 e. The first-order valence-electron chi connectivity index (χ1n) is 7.80. The zero-order valence-corrected chi connectivity index (χ0v) is 17.4. The molecule has 0 bridgehead atoms. The predicted octanol–water partition coefficient (Wildman–Crippen LogP) is 6.38. The molecule has 0 saturated heterocycles. The van der Waals surface area contributed by atoms with Crippen LogP contribution >= 0.6 is 39.9 Å². The van der Waals surface area contributed by atoms with Gasteiger partial charge in [0.2, 0.25) is 0 Å². The summed E-state index contributed by atoms with van der Waals surface area (Å²) >= 11 is 9.45.